The molecule has 194 valence electrons. The molecule has 0 aliphatic heterocycles. The molecule has 0 radical (unpaired) electrons. The summed E-state index contributed by atoms with van der Waals surface area (Å²) in [4.78, 5) is 20.7. The van der Waals surface area contributed by atoms with Gasteiger partial charge in [0, 0.05) is 18.8 Å². The average molecular weight is 480 g/mol. The van der Waals surface area contributed by atoms with Crippen molar-refractivity contribution >= 4 is 11.9 Å². The molecule has 1 N–H and O–H groups in total. The number of nitrogens with one attached hydrogen (secondary N) is 1. The summed E-state index contributed by atoms with van der Waals surface area (Å²) in [6.07, 6.45) is 17.0. The number of anilines is 1. The summed E-state index contributed by atoms with van der Waals surface area (Å²) in [6, 6.07) is 0. The van der Waals surface area contributed by atoms with Gasteiger partial charge >= 0.3 is 0 Å². The van der Waals surface area contributed by atoms with Crippen molar-refractivity contribution in [1.82, 2.24) is 9.97 Å². The lowest BCUT2D eigenvalue weighted by atomic mass is 9.44. The van der Waals surface area contributed by atoms with Gasteiger partial charge < -0.3 is 0 Å². The number of fused-ring (bicyclic) bond motifs is 6. The molecule has 5 rings (SSSR count). The van der Waals surface area contributed by atoms with Crippen LogP contribution in [-0.2, 0) is 17.6 Å². The molecule has 0 spiro atoms. The fourth-order valence-corrected chi connectivity index (χ4v) is 9.80. The summed E-state index contributed by atoms with van der Waals surface area (Å²) in [5.74, 6) is 6.42. The van der Waals surface area contributed by atoms with Crippen LogP contribution in [0.5, 0.6) is 0 Å². The lowest BCUT2D eigenvalue weighted by molar-refractivity contribution is -0.114. The van der Waals surface area contributed by atoms with E-state index in [2.05, 4.69) is 44.9 Å². The molecule has 4 heteroatoms. The molecule has 1 heterocycles. The predicted octanol–water partition coefficient (Wildman–Crippen LogP) is 7.47. The zero-order valence-corrected chi connectivity index (χ0v) is 23.2. The zero-order chi connectivity index (χ0) is 25.0. The van der Waals surface area contributed by atoms with Crippen molar-refractivity contribution in [2.24, 2.45) is 52.3 Å². The topological polar surface area (TPSA) is 54.9 Å². The van der Waals surface area contributed by atoms with Crippen molar-refractivity contribution in [3.63, 3.8) is 0 Å². The van der Waals surface area contributed by atoms with E-state index in [9.17, 15) is 4.79 Å². The molecule has 0 saturated heterocycles. The highest BCUT2D eigenvalue weighted by atomic mass is 16.1. The smallest absolute Gasteiger partial charge is 0.229 e. The molecular formula is C31H49N3O. The Bertz CT molecular complexity index is 943. The maximum absolute atomic E-state index is 11.5. The molecule has 3 fully saturated rings. The summed E-state index contributed by atoms with van der Waals surface area (Å²) in [5, 5.41) is 2.78. The van der Waals surface area contributed by atoms with E-state index in [1.54, 1.807) is 0 Å². The Hall–Kier alpha value is -1.45. The molecule has 1 amide bonds. The molecule has 8 atom stereocenters. The van der Waals surface area contributed by atoms with Gasteiger partial charge in [0.2, 0.25) is 11.9 Å². The highest BCUT2D eigenvalue weighted by molar-refractivity contribution is 5.86. The molecule has 4 aliphatic carbocycles. The van der Waals surface area contributed by atoms with Crippen LogP contribution in [0.1, 0.15) is 111 Å². The van der Waals surface area contributed by atoms with Gasteiger partial charge in [-0.25, -0.2) is 9.97 Å². The third-order valence-corrected chi connectivity index (χ3v) is 11.5. The van der Waals surface area contributed by atoms with Gasteiger partial charge in [0.15, 0.2) is 0 Å². The number of nitrogens with zero attached hydrogens (tertiary/aromatic N) is 2. The summed E-state index contributed by atoms with van der Waals surface area (Å²) in [6.45, 7) is 14.2. The van der Waals surface area contributed by atoms with Gasteiger partial charge in [-0.2, -0.15) is 0 Å². The Kier molecular flexibility index (Phi) is 6.81. The Morgan fingerprint density at radius 2 is 1.83 bits per heavy atom. The van der Waals surface area contributed by atoms with Crippen LogP contribution < -0.4 is 5.32 Å². The van der Waals surface area contributed by atoms with Crippen LogP contribution in [-0.4, -0.2) is 15.9 Å². The van der Waals surface area contributed by atoms with Crippen LogP contribution in [0.2, 0.25) is 0 Å². The molecule has 1 aromatic rings. The van der Waals surface area contributed by atoms with Crippen molar-refractivity contribution < 1.29 is 4.79 Å². The third-order valence-electron chi connectivity index (χ3n) is 11.5. The fraction of sp³-hybridized carbons (Fsp3) is 0.839. The van der Waals surface area contributed by atoms with E-state index in [0.29, 0.717) is 22.7 Å². The van der Waals surface area contributed by atoms with Gasteiger partial charge in [-0.15, -0.1) is 0 Å². The van der Waals surface area contributed by atoms with E-state index >= 15 is 0 Å². The van der Waals surface area contributed by atoms with Crippen molar-refractivity contribution in [3.05, 3.63) is 17.5 Å². The van der Waals surface area contributed by atoms with Crippen LogP contribution in [0, 0.1) is 52.3 Å². The van der Waals surface area contributed by atoms with Gasteiger partial charge in [-0.1, -0.05) is 53.9 Å². The molecule has 0 bridgehead atoms. The lowest BCUT2D eigenvalue weighted by Gasteiger charge is -2.60. The molecule has 35 heavy (non-hydrogen) atoms. The summed E-state index contributed by atoms with van der Waals surface area (Å²) in [7, 11) is 0. The summed E-state index contributed by atoms with van der Waals surface area (Å²) in [5.41, 5.74) is 3.44. The highest BCUT2D eigenvalue weighted by Crippen LogP contribution is 2.67. The van der Waals surface area contributed by atoms with E-state index in [0.717, 1.165) is 48.3 Å². The molecular weight excluding hydrogens is 430 g/mol. The standard InChI is InChI=1S/C31H49N3O/c1-19(2)8-7-9-20(3)25-12-13-26-24-11-10-23-16-28-22(18-32-29(34-28)33-21(4)35)17-31(23,6)27(24)14-15-30(25,26)5/h18-20,23-27H,7-17H2,1-6H3,(H,32,33,34,35)/t20-,23+,24+,25-,26+,27+,30-,31+/m1/s1. The molecule has 4 nitrogen and oxygen atoms in total. The molecule has 4 aliphatic rings. The van der Waals surface area contributed by atoms with Gasteiger partial charge in [0.05, 0.1) is 0 Å². The van der Waals surface area contributed by atoms with Gasteiger partial charge in [-0.05, 0) is 109 Å². The first-order valence-electron chi connectivity index (χ1n) is 14.7. The highest BCUT2D eigenvalue weighted by Gasteiger charge is 2.60. The second-order valence-corrected chi connectivity index (χ2v) is 13.9. The average Bonchev–Trinajstić information content (AvgIpc) is 3.14. The third kappa shape index (κ3) is 4.46. The molecule has 0 aromatic carbocycles. The predicted molar refractivity (Wildman–Crippen MR) is 143 cm³/mol. The van der Waals surface area contributed by atoms with Crippen molar-refractivity contribution in [2.75, 3.05) is 5.32 Å². The van der Waals surface area contributed by atoms with Crippen molar-refractivity contribution in [2.45, 2.75) is 112 Å². The summed E-state index contributed by atoms with van der Waals surface area (Å²) >= 11 is 0. The normalized spacial score (nSPS) is 38.8. The number of hydrogen-bond acceptors (Lipinski definition) is 3. The number of aromatic nitrogens is 2. The number of carbonyl (C=O) groups is 1. The first kappa shape index (κ1) is 25.2. The van der Waals surface area contributed by atoms with Crippen molar-refractivity contribution in [3.8, 4) is 0 Å². The Morgan fingerprint density at radius 1 is 1.06 bits per heavy atom. The maximum Gasteiger partial charge on any atom is 0.229 e. The van der Waals surface area contributed by atoms with Crippen molar-refractivity contribution in [1.29, 1.82) is 0 Å². The van der Waals surface area contributed by atoms with Crippen LogP contribution in [0.25, 0.3) is 0 Å². The van der Waals surface area contributed by atoms with E-state index in [1.807, 2.05) is 6.20 Å². The van der Waals surface area contributed by atoms with E-state index in [4.69, 9.17) is 4.98 Å². The monoisotopic (exact) mass is 479 g/mol. The minimum absolute atomic E-state index is 0.0968. The van der Waals surface area contributed by atoms with E-state index < -0.39 is 0 Å². The maximum atomic E-state index is 11.5. The number of carbonyl (C=O) groups excluding carboxylic acids is 1. The number of rotatable bonds is 6. The number of amides is 1. The quantitative estimate of drug-likeness (QED) is 0.460. The van der Waals surface area contributed by atoms with Crippen LogP contribution in [0.15, 0.2) is 6.20 Å². The largest absolute Gasteiger partial charge is 0.295 e. The molecule has 1 aromatic heterocycles. The molecule has 0 unspecified atom stereocenters. The SMILES string of the molecule is CC(=O)Nc1ncc2c(n1)C[C@@H]1CC[C@@H]3[C@H](CC[C@]4(C)[C@@H]([C@H](C)CCCC(C)C)CC[C@@H]34)[C@@]1(C)C2. The molecule has 3 saturated carbocycles. The van der Waals surface area contributed by atoms with Crippen LogP contribution in [0.4, 0.5) is 5.95 Å². The Labute approximate surface area is 213 Å². The first-order chi connectivity index (χ1) is 16.6. The van der Waals surface area contributed by atoms with Gasteiger partial charge in [0.1, 0.15) is 0 Å². The van der Waals surface area contributed by atoms with Crippen LogP contribution >= 0.6 is 0 Å². The minimum Gasteiger partial charge on any atom is -0.295 e. The van der Waals surface area contributed by atoms with Gasteiger partial charge in [0.25, 0.3) is 0 Å². The lowest BCUT2D eigenvalue weighted by Crippen LogP contribution is -2.54. The second kappa shape index (κ2) is 9.45. The minimum atomic E-state index is -0.0968. The van der Waals surface area contributed by atoms with E-state index in [1.165, 1.54) is 76.0 Å². The van der Waals surface area contributed by atoms with Gasteiger partial charge in [-0.3, -0.25) is 10.1 Å². The summed E-state index contributed by atoms with van der Waals surface area (Å²) < 4.78 is 0. The van der Waals surface area contributed by atoms with Crippen LogP contribution in [0.3, 0.4) is 0 Å². The number of hydrogen-bond donors (Lipinski definition) is 1. The zero-order valence-electron chi connectivity index (χ0n) is 23.2. The first-order valence-corrected chi connectivity index (χ1v) is 14.7. The second-order valence-electron chi connectivity index (χ2n) is 13.9. The Morgan fingerprint density at radius 3 is 2.57 bits per heavy atom. The van der Waals surface area contributed by atoms with E-state index in [-0.39, 0.29) is 5.91 Å². The fourth-order valence-electron chi connectivity index (χ4n) is 9.80. The Balaban J connectivity index is 1.32.